The Bertz CT molecular complexity index is 1560. The van der Waals surface area contributed by atoms with Gasteiger partial charge >= 0.3 is 5.97 Å². The van der Waals surface area contributed by atoms with Gasteiger partial charge in [0.25, 0.3) is 0 Å². The van der Waals surface area contributed by atoms with Crippen molar-refractivity contribution in [2.24, 2.45) is 11.5 Å². The molecule has 4 atom stereocenters. The van der Waals surface area contributed by atoms with Crippen LogP contribution in [0.15, 0.2) is 73.3 Å². The van der Waals surface area contributed by atoms with Gasteiger partial charge in [-0.25, -0.2) is 9.78 Å². The number of fused-ring (bicyclic) bond motifs is 1. The molecule has 0 radical (unpaired) electrons. The molecule has 10 N–H and O–H groups in total. The van der Waals surface area contributed by atoms with Crippen LogP contribution < -0.4 is 27.4 Å². The van der Waals surface area contributed by atoms with Gasteiger partial charge in [0.05, 0.1) is 12.4 Å². The number of nitrogens with two attached hydrogens (primary N) is 2. The summed E-state index contributed by atoms with van der Waals surface area (Å²) in [6.45, 7) is 0.481. The van der Waals surface area contributed by atoms with E-state index >= 15 is 0 Å². The summed E-state index contributed by atoms with van der Waals surface area (Å²) in [5.74, 6) is -3.04. The fourth-order valence-corrected chi connectivity index (χ4v) is 5.07. The molecule has 238 valence electrons. The van der Waals surface area contributed by atoms with E-state index in [0.717, 1.165) is 22.0 Å². The molecule has 13 heteroatoms. The number of aromatic amines is 2. The first-order valence-electron chi connectivity index (χ1n) is 14.9. The van der Waals surface area contributed by atoms with Crippen molar-refractivity contribution < 1.29 is 24.3 Å². The smallest absolute Gasteiger partial charge is 0.326 e. The second-order valence-corrected chi connectivity index (χ2v) is 10.9. The average Bonchev–Trinajstić information content (AvgIpc) is 3.70. The van der Waals surface area contributed by atoms with Crippen LogP contribution in [0.2, 0.25) is 0 Å². The number of carboxylic acids is 1. The SMILES string of the molecule is NCCCCC(N)C(=O)NC(Cc1cnc[nH]1)C(=O)NC(Cc1ccccc1)C(=O)NC(Cc1c[nH]c2ccccc12)C(=O)O. The molecule has 0 saturated heterocycles. The minimum atomic E-state index is -1.26. The number of H-pyrrole nitrogens is 2. The maximum absolute atomic E-state index is 13.7. The van der Waals surface area contributed by atoms with Gasteiger partial charge in [-0.3, -0.25) is 14.4 Å². The third-order valence-corrected chi connectivity index (χ3v) is 7.55. The van der Waals surface area contributed by atoms with Gasteiger partial charge in [0.15, 0.2) is 0 Å². The Hall–Kier alpha value is -5.01. The summed E-state index contributed by atoms with van der Waals surface area (Å²) in [4.78, 5) is 62.6. The van der Waals surface area contributed by atoms with Gasteiger partial charge in [0.1, 0.15) is 18.1 Å². The lowest BCUT2D eigenvalue weighted by Gasteiger charge is -2.25. The molecule has 45 heavy (non-hydrogen) atoms. The Morgan fingerprint density at radius 1 is 0.800 bits per heavy atom. The van der Waals surface area contributed by atoms with Gasteiger partial charge in [-0.05, 0) is 36.6 Å². The van der Waals surface area contributed by atoms with E-state index in [1.54, 1.807) is 30.5 Å². The molecule has 2 aromatic carbocycles. The highest BCUT2D eigenvalue weighted by Gasteiger charge is 2.31. The Balaban J connectivity index is 1.52. The summed E-state index contributed by atoms with van der Waals surface area (Å²) in [5.41, 5.74) is 14.5. The van der Waals surface area contributed by atoms with Crippen LogP contribution in [-0.4, -0.2) is 74.5 Å². The summed E-state index contributed by atoms with van der Waals surface area (Å²) in [7, 11) is 0. The van der Waals surface area contributed by atoms with E-state index in [0.29, 0.717) is 31.5 Å². The number of rotatable bonds is 17. The summed E-state index contributed by atoms with van der Waals surface area (Å²) in [6.07, 6.45) is 6.65. The standard InChI is InChI=1S/C32H40N8O5/c33-13-7-6-11-24(34)29(41)38-27(16-22-18-35-19-37-22)31(43)39-26(14-20-8-2-1-3-9-20)30(42)40-28(32(44)45)15-21-17-36-25-12-5-4-10-23(21)25/h1-5,8-10,12,17-19,24,26-28,36H,6-7,11,13-16,33-34H2,(H,35,37)(H,38,41)(H,39,43)(H,40,42)(H,44,45). The quantitative estimate of drug-likeness (QED) is 0.0795. The van der Waals surface area contributed by atoms with E-state index in [4.69, 9.17) is 11.5 Å². The topological polar surface area (TPSA) is 221 Å². The number of nitrogens with one attached hydrogen (secondary N) is 5. The molecule has 0 aliphatic heterocycles. The minimum absolute atomic E-state index is 0.0254. The minimum Gasteiger partial charge on any atom is -0.480 e. The molecule has 13 nitrogen and oxygen atoms in total. The first-order chi connectivity index (χ1) is 21.7. The fourth-order valence-electron chi connectivity index (χ4n) is 5.07. The number of imidazole rings is 1. The Morgan fingerprint density at radius 3 is 2.16 bits per heavy atom. The van der Waals surface area contributed by atoms with Crippen LogP contribution in [0.1, 0.15) is 36.1 Å². The lowest BCUT2D eigenvalue weighted by molar-refractivity contribution is -0.142. The molecule has 0 fully saturated rings. The number of aliphatic carboxylic acids is 1. The van der Waals surface area contributed by atoms with Gasteiger partial charge in [0.2, 0.25) is 17.7 Å². The number of carbonyl (C=O) groups is 4. The number of unbranched alkanes of at least 4 members (excludes halogenated alkanes) is 1. The molecule has 3 amide bonds. The summed E-state index contributed by atoms with van der Waals surface area (Å²) >= 11 is 0. The number of aromatic nitrogens is 3. The largest absolute Gasteiger partial charge is 0.480 e. The highest BCUT2D eigenvalue weighted by molar-refractivity contribution is 5.94. The molecular formula is C32H40N8O5. The first-order valence-corrected chi connectivity index (χ1v) is 14.9. The second-order valence-electron chi connectivity index (χ2n) is 10.9. The van der Waals surface area contributed by atoms with Crippen molar-refractivity contribution in [1.29, 1.82) is 0 Å². The third-order valence-electron chi connectivity index (χ3n) is 7.55. The van der Waals surface area contributed by atoms with E-state index < -0.39 is 47.9 Å². The zero-order valence-corrected chi connectivity index (χ0v) is 24.9. The van der Waals surface area contributed by atoms with Crippen molar-refractivity contribution in [2.75, 3.05) is 6.54 Å². The lowest BCUT2D eigenvalue weighted by Crippen LogP contribution is -2.58. The summed E-state index contributed by atoms with van der Waals surface area (Å²) < 4.78 is 0. The van der Waals surface area contributed by atoms with E-state index in [1.165, 1.54) is 12.5 Å². The number of carboxylic acid groups (broad SMARTS) is 1. The number of nitrogens with zero attached hydrogens (tertiary/aromatic N) is 1. The van der Waals surface area contributed by atoms with E-state index in [1.807, 2.05) is 30.3 Å². The zero-order valence-electron chi connectivity index (χ0n) is 24.9. The van der Waals surface area contributed by atoms with Gasteiger partial charge < -0.3 is 42.5 Å². The lowest BCUT2D eigenvalue weighted by atomic mass is 10.0. The molecule has 4 aromatic rings. The molecule has 0 spiro atoms. The Morgan fingerprint density at radius 2 is 1.47 bits per heavy atom. The molecule has 2 aromatic heterocycles. The maximum Gasteiger partial charge on any atom is 0.326 e. The molecule has 0 aliphatic rings. The third kappa shape index (κ3) is 9.49. The highest BCUT2D eigenvalue weighted by atomic mass is 16.4. The highest BCUT2D eigenvalue weighted by Crippen LogP contribution is 2.19. The van der Waals surface area contributed by atoms with Gasteiger partial charge in [-0.2, -0.15) is 0 Å². The number of benzene rings is 2. The predicted molar refractivity (Wildman–Crippen MR) is 169 cm³/mol. The molecular weight excluding hydrogens is 576 g/mol. The van der Waals surface area contributed by atoms with E-state index in [9.17, 15) is 24.3 Å². The van der Waals surface area contributed by atoms with Crippen LogP contribution in [0.3, 0.4) is 0 Å². The van der Waals surface area contributed by atoms with Gasteiger partial charge in [-0.1, -0.05) is 55.0 Å². The van der Waals surface area contributed by atoms with Crippen LogP contribution in [0.5, 0.6) is 0 Å². The van der Waals surface area contributed by atoms with E-state index in [-0.39, 0.29) is 19.3 Å². The molecule has 4 unspecified atom stereocenters. The van der Waals surface area contributed by atoms with Crippen LogP contribution in [0.4, 0.5) is 0 Å². The molecule has 0 saturated carbocycles. The van der Waals surface area contributed by atoms with Gasteiger partial charge in [0, 0.05) is 48.3 Å². The van der Waals surface area contributed by atoms with Crippen LogP contribution in [0.25, 0.3) is 10.9 Å². The van der Waals surface area contributed by atoms with Gasteiger partial charge in [-0.15, -0.1) is 0 Å². The van der Waals surface area contributed by atoms with Crippen LogP contribution in [0, 0.1) is 0 Å². The van der Waals surface area contributed by atoms with E-state index in [2.05, 4.69) is 30.9 Å². The van der Waals surface area contributed by atoms with Crippen molar-refractivity contribution in [3.63, 3.8) is 0 Å². The molecule has 0 bridgehead atoms. The normalized spacial score (nSPS) is 13.8. The number of hydrogen-bond acceptors (Lipinski definition) is 7. The zero-order chi connectivity index (χ0) is 32.2. The van der Waals surface area contributed by atoms with Crippen molar-refractivity contribution in [1.82, 2.24) is 30.9 Å². The van der Waals surface area contributed by atoms with Crippen LogP contribution in [-0.2, 0) is 38.4 Å². The number of carbonyl (C=O) groups excluding carboxylic acids is 3. The molecule has 2 heterocycles. The maximum atomic E-state index is 13.7. The number of hydrogen-bond donors (Lipinski definition) is 8. The first kappa shape index (κ1) is 32.9. The van der Waals surface area contributed by atoms with Crippen molar-refractivity contribution >= 4 is 34.6 Å². The Labute approximate surface area is 260 Å². The monoisotopic (exact) mass is 616 g/mol. The number of para-hydroxylation sites is 1. The Kier molecular flexibility index (Phi) is 11.8. The van der Waals surface area contributed by atoms with Crippen molar-refractivity contribution in [2.45, 2.75) is 62.7 Å². The summed E-state index contributed by atoms with van der Waals surface area (Å²) in [6, 6.07) is 12.2. The average molecular weight is 617 g/mol. The predicted octanol–water partition coefficient (Wildman–Crippen LogP) is 0.914. The van der Waals surface area contributed by atoms with Crippen molar-refractivity contribution in [3.8, 4) is 0 Å². The van der Waals surface area contributed by atoms with Crippen LogP contribution >= 0.6 is 0 Å². The fraction of sp³-hybridized carbons (Fsp3) is 0.344. The molecule has 0 aliphatic carbocycles. The summed E-state index contributed by atoms with van der Waals surface area (Å²) in [5, 5.41) is 19.0. The second kappa shape index (κ2) is 16.2. The number of amides is 3. The molecule has 4 rings (SSSR count). The van der Waals surface area contributed by atoms with Crippen molar-refractivity contribution in [3.05, 3.63) is 90.1 Å².